The van der Waals surface area contributed by atoms with Crippen LogP contribution in [-0.2, 0) is 37.3 Å². The first-order valence-corrected chi connectivity index (χ1v) is 24.9. The predicted molar refractivity (Wildman–Crippen MR) is 300 cm³/mol. The van der Waals surface area contributed by atoms with E-state index in [9.17, 15) is 0 Å². The van der Waals surface area contributed by atoms with Crippen LogP contribution in [0.3, 0.4) is 0 Å². The molecule has 7 aromatic carbocycles. The van der Waals surface area contributed by atoms with Crippen molar-refractivity contribution in [3.8, 4) is 28.4 Å². The predicted octanol–water partition coefficient (Wildman–Crippen LogP) is 18.3. The number of fused-ring (bicyclic) bond motifs is 4. The Hall–Kier alpha value is -6.42. The van der Waals surface area contributed by atoms with E-state index in [0.29, 0.717) is 23.3 Å². The van der Waals surface area contributed by atoms with Gasteiger partial charge in [0.1, 0.15) is 5.82 Å². The average molecular weight is 1130 g/mol. The number of benzene rings is 7. The summed E-state index contributed by atoms with van der Waals surface area (Å²) in [5, 5.41) is 2.23. The normalized spacial score (nSPS) is 12.9. The van der Waals surface area contributed by atoms with E-state index in [0.717, 1.165) is 55.9 Å². The third-order valence-electron chi connectivity index (χ3n) is 14.3. The number of hydrogen-bond donors (Lipinski definition) is 0. The first-order valence-electron chi connectivity index (χ1n) is 24.9. The largest absolute Gasteiger partial charge is 4.00 e. The third kappa shape index (κ3) is 9.66. The quantitative estimate of drug-likeness (QED) is 0.128. The topological polar surface area (TPSA) is 33.5 Å². The van der Waals surface area contributed by atoms with Gasteiger partial charge in [-0.05, 0) is 109 Å². The molecule has 0 atom stereocenters. The summed E-state index contributed by atoms with van der Waals surface area (Å²) in [6.07, 6.45) is 1.91. The van der Waals surface area contributed by atoms with Crippen molar-refractivity contribution < 1.29 is 25.8 Å². The fraction of sp³-hybridized carbons (Fsp3) is 0.258. The van der Waals surface area contributed by atoms with Crippen LogP contribution < -0.4 is 14.5 Å². The second kappa shape index (κ2) is 19.9. The molecule has 0 radical (unpaired) electrons. The zero-order valence-corrected chi connectivity index (χ0v) is 46.5. The maximum absolute atomic E-state index is 6.96. The summed E-state index contributed by atoms with van der Waals surface area (Å²) in [4.78, 5) is 9.56. The van der Waals surface area contributed by atoms with Crippen LogP contribution in [0.15, 0.2) is 158 Å². The molecule has 0 amide bonds. The van der Waals surface area contributed by atoms with Crippen LogP contribution in [-0.4, -0.2) is 9.55 Å². The van der Waals surface area contributed by atoms with Crippen LogP contribution in [0.4, 0.5) is 22.7 Å². The van der Waals surface area contributed by atoms with E-state index in [2.05, 4.69) is 262 Å². The molecule has 368 valence electrons. The number of para-hydroxylation sites is 1. The molecule has 3 heterocycles. The van der Waals surface area contributed by atoms with Crippen LogP contribution >= 0.6 is 0 Å². The minimum atomic E-state index is -0.209. The Morgan fingerprint density at radius 3 is 1.90 bits per heavy atom. The molecule has 1 aliphatic rings. The molecule has 72 heavy (non-hydrogen) atoms. The standard InChI is InChI=1S/C65H65N4O.CH3.Pt/c1-42(2)53-25-19-26-54(43(3)4)62(53)44-28-31-58-60(34-44)68(41-67(58)49-23-18-22-47(35-49)65(11,12)45-20-14-13-15-21-45)50-36-48(64(8,9)10)37-52(39-50)70-51-29-30-56-55-24-16-17-27-57(55)69(59(56)40-51)61-38-46(32-33-66-61)63(5,6)7;;/h13-38,41-43H,1-12H3;1H3;/q-3;-1;+4. The number of pyridine rings is 1. The van der Waals surface area contributed by atoms with Crippen molar-refractivity contribution in [3.63, 3.8) is 0 Å². The second-order valence-electron chi connectivity index (χ2n) is 22.3. The van der Waals surface area contributed by atoms with Gasteiger partial charge in [-0.15, -0.1) is 53.6 Å². The Bertz CT molecular complexity index is 3380. The van der Waals surface area contributed by atoms with E-state index in [4.69, 9.17) is 9.72 Å². The smallest absolute Gasteiger partial charge is 0.509 e. The van der Waals surface area contributed by atoms with Gasteiger partial charge in [-0.1, -0.05) is 174 Å². The van der Waals surface area contributed by atoms with Crippen LogP contribution in [0, 0.1) is 26.2 Å². The summed E-state index contributed by atoms with van der Waals surface area (Å²) in [7, 11) is 0. The molecule has 0 saturated carbocycles. The fourth-order valence-electron chi connectivity index (χ4n) is 10.1. The van der Waals surface area contributed by atoms with E-state index in [1.165, 1.54) is 38.9 Å². The number of rotatable bonds is 10. The molecule has 10 rings (SSSR count). The fourth-order valence-corrected chi connectivity index (χ4v) is 10.1. The summed E-state index contributed by atoms with van der Waals surface area (Å²) in [6.45, 7) is 29.5. The summed E-state index contributed by atoms with van der Waals surface area (Å²) in [5.41, 5.74) is 15.8. The van der Waals surface area contributed by atoms with Gasteiger partial charge in [0.2, 0.25) is 0 Å². The van der Waals surface area contributed by atoms with E-state index < -0.39 is 0 Å². The van der Waals surface area contributed by atoms with E-state index in [-0.39, 0.29) is 44.7 Å². The van der Waals surface area contributed by atoms with Gasteiger partial charge in [-0.3, -0.25) is 0 Å². The first-order chi connectivity index (χ1) is 33.4. The third-order valence-corrected chi connectivity index (χ3v) is 14.3. The minimum Gasteiger partial charge on any atom is -0.509 e. The zero-order valence-electron chi connectivity index (χ0n) is 44.3. The van der Waals surface area contributed by atoms with Crippen molar-refractivity contribution in [2.45, 2.75) is 111 Å². The van der Waals surface area contributed by atoms with E-state index in [1.54, 1.807) is 0 Å². The summed E-state index contributed by atoms with van der Waals surface area (Å²) in [5.74, 6) is 2.80. The Kier molecular flexibility index (Phi) is 14.3. The molecule has 1 aliphatic heterocycles. The molecule has 0 unspecified atom stereocenters. The molecule has 0 saturated heterocycles. The molecule has 0 fully saturated rings. The van der Waals surface area contributed by atoms with Gasteiger partial charge in [-0.2, -0.15) is 6.07 Å². The minimum absolute atomic E-state index is 0. The molecule has 2 aromatic heterocycles. The van der Waals surface area contributed by atoms with Crippen molar-refractivity contribution in [2.24, 2.45) is 0 Å². The summed E-state index contributed by atoms with van der Waals surface area (Å²) in [6, 6.07) is 62.6. The van der Waals surface area contributed by atoms with Crippen LogP contribution in [0.1, 0.15) is 128 Å². The molecule has 0 N–H and O–H groups in total. The summed E-state index contributed by atoms with van der Waals surface area (Å²) < 4.78 is 9.18. The number of anilines is 4. The van der Waals surface area contributed by atoms with E-state index >= 15 is 0 Å². The molecule has 0 aliphatic carbocycles. The second-order valence-corrected chi connectivity index (χ2v) is 22.3. The van der Waals surface area contributed by atoms with Crippen LogP contribution in [0.25, 0.3) is 38.8 Å². The monoisotopic (exact) mass is 1130 g/mol. The van der Waals surface area contributed by atoms with Crippen molar-refractivity contribution in [3.05, 3.63) is 217 Å². The SMILES string of the molecule is CC(C)c1cccc(C(C)C)c1-c1ccc2c(c1)N(c1[c-]c(Oc3[c-]c4c(cc3)c3ccccc3n4-c3cc(C(C)(C)C)ccn3)cc(C(C)(C)C)c1)[CH-]N2c1cccc(C(C)(C)c2ccccc2)c1.[CH3-].[Pt+4]. The molecule has 0 spiro atoms. The Balaban J connectivity index is 0.00000347. The van der Waals surface area contributed by atoms with Crippen molar-refractivity contribution >= 4 is 44.6 Å². The van der Waals surface area contributed by atoms with Gasteiger partial charge >= 0.3 is 21.1 Å². The van der Waals surface area contributed by atoms with Crippen molar-refractivity contribution in [1.29, 1.82) is 0 Å². The van der Waals surface area contributed by atoms with Gasteiger partial charge in [0.05, 0.1) is 0 Å². The van der Waals surface area contributed by atoms with Crippen molar-refractivity contribution in [1.82, 2.24) is 9.55 Å². The summed E-state index contributed by atoms with van der Waals surface area (Å²) >= 11 is 0. The van der Waals surface area contributed by atoms with E-state index in [1.807, 2.05) is 12.3 Å². The van der Waals surface area contributed by atoms with Crippen molar-refractivity contribution in [2.75, 3.05) is 9.80 Å². The van der Waals surface area contributed by atoms with Crippen LogP contribution in [0.5, 0.6) is 11.5 Å². The number of hydrogen-bond acceptors (Lipinski definition) is 4. The maximum atomic E-state index is 6.96. The number of nitrogens with zero attached hydrogens (tertiary/aromatic N) is 4. The Morgan fingerprint density at radius 1 is 0.542 bits per heavy atom. The molecule has 9 aromatic rings. The molecule has 0 bridgehead atoms. The molecule has 6 heteroatoms. The average Bonchev–Trinajstić information content (AvgIpc) is 3.89. The molecular formula is C66H68N4OPt. The maximum Gasteiger partial charge on any atom is 4.00 e. The van der Waals surface area contributed by atoms with Crippen LogP contribution in [0.2, 0.25) is 0 Å². The number of ether oxygens (including phenoxy) is 1. The van der Waals surface area contributed by atoms with Gasteiger partial charge in [0, 0.05) is 45.7 Å². The van der Waals surface area contributed by atoms with Gasteiger partial charge < -0.3 is 26.5 Å². The molecule has 5 nitrogen and oxygen atoms in total. The number of aromatic nitrogens is 2. The molecular weight excluding hydrogens is 1060 g/mol. The Labute approximate surface area is 444 Å². The first kappa shape index (κ1) is 51.9. The van der Waals surface area contributed by atoms with Gasteiger partial charge in [0.15, 0.2) is 0 Å². The van der Waals surface area contributed by atoms with Gasteiger partial charge in [0.25, 0.3) is 0 Å². The van der Waals surface area contributed by atoms with Gasteiger partial charge in [-0.25, -0.2) is 4.98 Å². The zero-order chi connectivity index (χ0) is 49.3. The Morgan fingerprint density at radius 2 is 1.21 bits per heavy atom.